The molecular formula is C18H21N3O4. The van der Waals surface area contributed by atoms with Gasteiger partial charge in [-0.15, -0.1) is 0 Å². The van der Waals surface area contributed by atoms with E-state index in [1.165, 1.54) is 4.90 Å². The summed E-state index contributed by atoms with van der Waals surface area (Å²) in [5, 5.41) is 12.1. The van der Waals surface area contributed by atoms with Crippen LogP contribution in [0.3, 0.4) is 0 Å². The third-order valence-corrected chi connectivity index (χ3v) is 4.57. The SMILES string of the molecule is CC(NC(=O)N1CCC(C)(C(=O)O)C1)c1ncc(-c2ccccc2)o1. The van der Waals surface area contributed by atoms with Gasteiger partial charge in [-0.2, -0.15) is 0 Å². The average Bonchev–Trinajstić information content (AvgIpc) is 3.23. The van der Waals surface area contributed by atoms with Crippen molar-refractivity contribution in [2.24, 2.45) is 5.41 Å². The Kier molecular flexibility index (Phi) is 4.48. The highest BCUT2D eigenvalue weighted by molar-refractivity contribution is 5.79. The first kappa shape index (κ1) is 17.0. The highest BCUT2D eigenvalue weighted by atomic mass is 16.4. The quantitative estimate of drug-likeness (QED) is 0.890. The summed E-state index contributed by atoms with van der Waals surface area (Å²) in [6.45, 7) is 4.06. The maximum atomic E-state index is 12.4. The standard InChI is InChI=1S/C18H21N3O4/c1-12(15-19-10-14(25-15)13-6-4-3-5-7-13)20-17(24)21-9-8-18(2,11-21)16(22)23/h3-7,10,12H,8-9,11H2,1-2H3,(H,20,24)(H,22,23). The topological polar surface area (TPSA) is 95.7 Å². The van der Waals surface area contributed by atoms with Crippen LogP contribution in [0.15, 0.2) is 40.9 Å². The molecule has 2 heterocycles. The lowest BCUT2D eigenvalue weighted by molar-refractivity contribution is -0.147. The minimum Gasteiger partial charge on any atom is -0.481 e. The fourth-order valence-electron chi connectivity index (χ4n) is 2.87. The number of carbonyl (C=O) groups excluding carboxylic acids is 1. The van der Waals surface area contributed by atoms with Crippen molar-refractivity contribution in [3.8, 4) is 11.3 Å². The van der Waals surface area contributed by atoms with E-state index in [-0.39, 0.29) is 12.6 Å². The minimum atomic E-state index is -0.885. The van der Waals surface area contributed by atoms with Gasteiger partial charge in [0.25, 0.3) is 0 Å². The number of likely N-dealkylation sites (tertiary alicyclic amines) is 1. The third-order valence-electron chi connectivity index (χ3n) is 4.57. The minimum absolute atomic E-state index is 0.196. The van der Waals surface area contributed by atoms with Crippen LogP contribution in [0.25, 0.3) is 11.3 Å². The van der Waals surface area contributed by atoms with Gasteiger partial charge in [0.15, 0.2) is 5.76 Å². The Morgan fingerprint density at radius 1 is 1.36 bits per heavy atom. The van der Waals surface area contributed by atoms with E-state index >= 15 is 0 Å². The lowest BCUT2D eigenvalue weighted by Gasteiger charge is -2.21. The molecule has 0 bridgehead atoms. The van der Waals surface area contributed by atoms with Crippen LogP contribution in [-0.4, -0.2) is 40.1 Å². The number of hydrogen-bond acceptors (Lipinski definition) is 4. The summed E-state index contributed by atoms with van der Waals surface area (Å²) < 4.78 is 5.74. The molecule has 1 saturated heterocycles. The zero-order chi connectivity index (χ0) is 18.0. The van der Waals surface area contributed by atoms with Crippen molar-refractivity contribution in [3.05, 3.63) is 42.4 Å². The van der Waals surface area contributed by atoms with Crippen LogP contribution in [0.4, 0.5) is 4.79 Å². The maximum absolute atomic E-state index is 12.4. The molecule has 1 aliphatic heterocycles. The second-order valence-corrected chi connectivity index (χ2v) is 6.64. The van der Waals surface area contributed by atoms with E-state index in [4.69, 9.17) is 4.42 Å². The number of hydrogen-bond donors (Lipinski definition) is 2. The predicted octanol–water partition coefficient (Wildman–Crippen LogP) is 2.91. The van der Waals surface area contributed by atoms with E-state index in [0.29, 0.717) is 24.6 Å². The summed E-state index contributed by atoms with van der Waals surface area (Å²) in [7, 11) is 0. The van der Waals surface area contributed by atoms with Crippen molar-refractivity contribution in [3.63, 3.8) is 0 Å². The van der Waals surface area contributed by atoms with Crippen molar-refractivity contribution in [2.45, 2.75) is 26.3 Å². The molecule has 7 nitrogen and oxygen atoms in total. The first-order chi connectivity index (χ1) is 11.9. The van der Waals surface area contributed by atoms with Gasteiger partial charge in [-0.25, -0.2) is 9.78 Å². The van der Waals surface area contributed by atoms with Crippen LogP contribution in [0, 0.1) is 5.41 Å². The molecule has 2 N–H and O–H groups in total. The van der Waals surface area contributed by atoms with Gasteiger partial charge in [-0.3, -0.25) is 4.79 Å². The fourth-order valence-corrected chi connectivity index (χ4v) is 2.87. The normalized spacial score (nSPS) is 21.1. The Bertz CT molecular complexity index is 774. The Labute approximate surface area is 145 Å². The molecule has 0 aliphatic carbocycles. The van der Waals surface area contributed by atoms with Crippen LogP contribution >= 0.6 is 0 Å². The highest BCUT2D eigenvalue weighted by Crippen LogP contribution is 2.30. The molecule has 0 radical (unpaired) electrons. The van der Waals surface area contributed by atoms with Gasteiger partial charge in [-0.05, 0) is 20.3 Å². The number of carboxylic acids is 1. The summed E-state index contributed by atoms with van der Waals surface area (Å²) in [6, 6.07) is 8.86. The number of rotatable bonds is 4. The van der Waals surface area contributed by atoms with E-state index < -0.39 is 17.4 Å². The zero-order valence-electron chi connectivity index (χ0n) is 14.2. The fraction of sp³-hybridized carbons (Fsp3) is 0.389. The van der Waals surface area contributed by atoms with Gasteiger partial charge in [0.05, 0.1) is 11.6 Å². The second-order valence-electron chi connectivity index (χ2n) is 6.64. The molecule has 132 valence electrons. The molecule has 2 unspecified atom stereocenters. The summed E-state index contributed by atoms with van der Waals surface area (Å²) in [5.74, 6) is 0.166. The summed E-state index contributed by atoms with van der Waals surface area (Å²) in [6.07, 6.45) is 2.08. The average molecular weight is 343 g/mol. The molecule has 0 spiro atoms. The highest BCUT2D eigenvalue weighted by Gasteiger charge is 2.42. The van der Waals surface area contributed by atoms with Crippen molar-refractivity contribution in [1.82, 2.24) is 15.2 Å². The number of aromatic nitrogens is 1. The number of benzene rings is 1. The number of oxazole rings is 1. The predicted molar refractivity (Wildman–Crippen MR) is 90.8 cm³/mol. The lowest BCUT2D eigenvalue weighted by atomic mass is 9.90. The number of nitrogens with zero attached hydrogens (tertiary/aromatic N) is 2. The Morgan fingerprint density at radius 3 is 2.72 bits per heavy atom. The molecule has 25 heavy (non-hydrogen) atoms. The van der Waals surface area contributed by atoms with Crippen molar-refractivity contribution >= 4 is 12.0 Å². The van der Waals surface area contributed by atoms with Crippen molar-refractivity contribution in [1.29, 1.82) is 0 Å². The molecule has 2 atom stereocenters. The van der Waals surface area contributed by atoms with Crippen LogP contribution in [-0.2, 0) is 4.79 Å². The first-order valence-electron chi connectivity index (χ1n) is 8.19. The van der Waals surface area contributed by atoms with E-state index in [9.17, 15) is 14.7 Å². The number of nitrogens with one attached hydrogen (secondary N) is 1. The largest absolute Gasteiger partial charge is 0.481 e. The third kappa shape index (κ3) is 3.50. The number of aliphatic carboxylic acids is 1. The molecule has 1 aromatic heterocycles. The first-order valence-corrected chi connectivity index (χ1v) is 8.19. The number of amides is 2. The molecule has 2 aromatic rings. The summed E-state index contributed by atoms with van der Waals surface area (Å²) >= 11 is 0. The van der Waals surface area contributed by atoms with E-state index in [0.717, 1.165) is 5.56 Å². The van der Waals surface area contributed by atoms with Gasteiger partial charge in [0.2, 0.25) is 5.89 Å². The van der Waals surface area contributed by atoms with Crippen LogP contribution in [0.1, 0.15) is 32.2 Å². The van der Waals surface area contributed by atoms with Crippen LogP contribution in [0.2, 0.25) is 0 Å². The van der Waals surface area contributed by atoms with E-state index in [2.05, 4.69) is 10.3 Å². The molecule has 2 amide bonds. The molecule has 1 aliphatic rings. The molecule has 3 rings (SSSR count). The van der Waals surface area contributed by atoms with E-state index in [1.807, 2.05) is 30.3 Å². The van der Waals surface area contributed by atoms with Gasteiger partial charge >= 0.3 is 12.0 Å². The second kappa shape index (κ2) is 6.58. The summed E-state index contributed by atoms with van der Waals surface area (Å²) in [5.41, 5.74) is 0.0285. The van der Waals surface area contributed by atoms with Gasteiger partial charge in [0, 0.05) is 18.7 Å². The number of carbonyl (C=O) groups is 2. The monoisotopic (exact) mass is 343 g/mol. The summed E-state index contributed by atoms with van der Waals surface area (Å²) in [4.78, 5) is 29.4. The van der Waals surface area contributed by atoms with Crippen LogP contribution < -0.4 is 5.32 Å². The number of urea groups is 1. The molecular weight excluding hydrogens is 322 g/mol. The van der Waals surface area contributed by atoms with Gasteiger partial charge in [-0.1, -0.05) is 30.3 Å². The number of carboxylic acid groups (broad SMARTS) is 1. The Balaban J connectivity index is 1.63. The molecule has 1 aromatic carbocycles. The Morgan fingerprint density at radius 2 is 2.08 bits per heavy atom. The molecule has 1 fully saturated rings. The van der Waals surface area contributed by atoms with Crippen LogP contribution in [0.5, 0.6) is 0 Å². The van der Waals surface area contributed by atoms with E-state index in [1.54, 1.807) is 20.0 Å². The van der Waals surface area contributed by atoms with Crippen molar-refractivity contribution < 1.29 is 19.1 Å². The lowest BCUT2D eigenvalue weighted by Crippen LogP contribution is -2.41. The molecule has 7 heteroatoms. The van der Waals surface area contributed by atoms with Gasteiger partial charge in [0.1, 0.15) is 6.04 Å². The smallest absolute Gasteiger partial charge is 0.318 e. The van der Waals surface area contributed by atoms with Gasteiger partial charge < -0.3 is 19.7 Å². The molecule has 0 saturated carbocycles. The van der Waals surface area contributed by atoms with Crippen molar-refractivity contribution in [2.75, 3.05) is 13.1 Å². The maximum Gasteiger partial charge on any atom is 0.318 e. The Hall–Kier alpha value is -2.83. The zero-order valence-corrected chi connectivity index (χ0v) is 14.2.